The van der Waals surface area contributed by atoms with Gasteiger partial charge in [-0.25, -0.2) is 8.42 Å². The van der Waals surface area contributed by atoms with E-state index >= 15 is 0 Å². The lowest BCUT2D eigenvalue weighted by Gasteiger charge is -2.32. The Morgan fingerprint density at radius 2 is 2.21 bits per heavy atom. The second-order valence-corrected chi connectivity index (χ2v) is 8.84. The van der Waals surface area contributed by atoms with E-state index in [1.54, 1.807) is 20.1 Å². The minimum Gasteiger partial charge on any atom is -0.482 e. The summed E-state index contributed by atoms with van der Waals surface area (Å²) in [6.07, 6.45) is 1.25. The van der Waals surface area contributed by atoms with E-state index in [-0.39, 0.29) is 29.9 Å². The maximum Gasteiger partial charge on any atom is 0.262 e. The molecule has 0 saturated carbocycles. The van der Waals surface area contributed by atoms with E-state index in [0.717, 1.165) is 0 Å². The summed E-state index contributed by atoms with van der Waals surface area (Å²) in [5.41, 5.74) is 0.970. The maximum atomic E-state index is 13.2. The highest BCUT2D eigenvalue weighted by molar-refractivity contribution is 7.89. The first-order valence-corrected chi connectivity index (χ1v) is 10.6. The molecule has 2 amide bonds. The Kier molecular flexibility index (Phi) is 6.21. The summed E-state index contributed by atoms with van der Waals surface area (Å²) in [7, 11) is -2.24. The van der Waals surface area contributed by atoms with Crippen molar-refractivity contribution in [2.75, 3.05) is 45.3 Å². The predicted molar refractivity (Wildman–Crippen MR) is 102 cm³/mol. The Labute approximate surface area is 164 Å². The monoisotopic (exact) mass is 411 g/mol. The highest BCUT2D eigenvalue weighted by Gasteiger charge is 2.35. The van der Waals surface area contributed by atoms with Gasteiger partial charge in [0.2, 0.25) is 15.9 Å². The minimum atomic E-state index is -3.80. The van der Waals surface area contributed by atoms with Crippen LogP contribution in [-0.4, -0.2) is 64.5 Å². The summed E-state index contributed by atoms with van der Waals surface area (Å²) in [5.74, 6) is -0.505. The van der Waals surface area contributed by atoms with Crippen molar-refractivity contribution in [1.29, 1.82) is 0 Å². The average molecular weight is 411 g/mol. The number of hydrogen-bond acceptors (Lipinski definition) is 6. The number of benzene rings is 1. The minimum absolute atomic E-state index is 0.128. The van der Waals surface area contributed by atoms with Gasteiger partial charge < -0.3 is 20.1 Å². The van der Waals surface area contributed by atoms with Crippen molar-refractivity contribution in [3.63, 3.8) is 0 Å². The Hall–Kier alpha value is -2.17. The zero-order valence-electron chi connectivity index (χ0n) is 16.0. The van der Waals surface area contributed by atoms with Crippen LogP contribution in [0.4, 0.5) is 5.69 Å². The summed E-state index contributed by atoms with van der Waals surface area (Å²) in [4.78, 5) is 23.9. The second kappa shape index (κ2) is 8.46. The summed E-state index contributed by atoms with van der Waals surface area (Å²) in [6, 6.07) is 3.04. The fourth-order valence-corrected chi connectivity index (χ4v) is 5.17. The van der Waals surface area contributed by atoms with E-state index in [1.807, 2.05) is 0 Å². The normalized spacial score (nSPS) is 20.1. The number of hydrogen-bond donors (Lipinski definition) is 2. The number of anilines is 1. The molecule has 28 heavy (non-hydrogen) atoms. The van der Waals surface area contributed by atoms with Gasteiger partial charge in [-0.2, -0.15) is 4.31 Å². The maximum absolute atomic E-state index is 13.2. The van der Waals surface area contributed by atoms with Gasteiger partial charge in [-0.3, -0.25) is 9.59 Å². The lowest BCUT2D eigenvalue weighted by molar-refractivity contribution is -0.126. The molecule has 1 atom stereocenters. The van der Waals surface area contributed by atoms with Crippen LogP contribution in [0.2, 0.25) is 0 Å². The van der Waals surface area contributed by atoms with Crippen molar-refractivity contribution < 1.29 is 27.5 Å². The molecule has 1 aromatic rings. The zero-order chi connectivity index (χ0) is 20.3. The van der Waals surface area contributed by atoms with E-state index in [0.29, 0.717) is 49.5 Å². The molecule has 0 radical (unpaired) electrons. The van der Waals surface area contributed by atoms with Gasteiger partial charge in [0.1, 0.15) is 5.75 Å². The number of carbonyl (C=O) groups excluding carboxylic acids is 2. The van der Waals surface area contributed by atoms with Gasteiger partial charge in [0.05, 0.1) is 23.1 Å². The molecule has 2 aliphatic rings. The highest BCUT2D eigenvalue weighted by Crippen LogP contribution is 2.35. The van der Waals surface area contributed by atoms with Crippen LogP contribution < -0.4 is 15.4 Å². The molecule has 3 rings (SSSR count). The summed E-state index contributed by atoms with van der Waals surface area (Å²) in [6.45, 7) is 2.82. The number of nitrogens with one attached hydrogen (secondary N) is 2. The zero-order valence-corrected chi connectivity index (χ0v) is 16.8. The van der Waals surface area contributed by atoms with Crippen LogP contribution in [0, 0.1) is 12.8 Å². The molecule has 10 heteroatoms. The van der Waals surface area contributed by atoms with Crippen LogP contribution in [0.25, 0.3) is 0 Å². The number of ether oxygens (including phenoxy) is 2. The van der Waals surface area contributed by atoms with E-state index in [9.17, 15) is 18.0 Å². The molecule has 9 nitrogen and oxygen atoms in total. The second-order valence-electron chi connectivity index (χ2n) is 6.94. The van der Waals surface area contributed by atoms with Crippen molar-refractivity contribution in [2.45, 2.75) is 24.7 Å². The molecule has 0 aromatic heterocycles. The van der Waals surface area contributed by atoms with Gasteiger partial charge in [-0.15, -0.1) is 0 Å². The molecular formula is C18H25N3O6S. The molecule has 0 spiro atoms. The van der Waals surface area contributed by atoms with Crippen LogP contribution in [0.5, 0.6) is 5.75 Å². The standard InChI is InChI=1S/C18H25N3O6S/c1-12-8-14-15(27-11-17(22)20-14)9-16(12)28(24,25)21-6-3-4-13(10-21)18(23)19-5-7-26-2/h8-9,13H,3-7,10-11H2,1-2H3,(H,19,23)(H,20,22). The van der Waals surface area contributed by atoms with E-state index in [1.165, 1.54) is 10.4 Å². The van der Waals surface area contributed by atoms with Crippen LogP contribution >= 0.6 is 0 Å². The number of fused-ring (bicyclic) bond motifs is 1. The largest absolute Gasteiger partial charge is 0.482 e. The highest BCUT2D eigenvalue weighted by atomic mass is 32.2. The number of aryl methyl sites for hydroxylation is 1. The molecule has 2 heterocycles. The number of piperidine rings is 1. The first kappa shape index (κ1) is 20.6. The van der Waals surface area contributed by atoms with Gasteiger partial charge in [-0.1, -0.05) is 0 Å². The Morgan fingerprint density at radius 1 is 1.43 bits per heavy atom. The third-order valence-corrected chi connectivity index (χ3v) is 6.90. The first-order chi connectivity index (χ1) is 13.3. The van der Waals surface area contributed by atoms with Crippen molar-refractivity contribution in [3.05, 3.63) is 17.7 Å². The molecule has 1 fully saturated rings. The Morgan fingerprint density at radius 3 is 2.96 bits per heavy atom. The molecule has 1 aromatic carbocycles. The third kappa shape index (κ3) is 4.29. The Bertz CT molecular complexity index is 870. The smallest absolute Gasteiger partial charge is 0.262 e. The van der Waals surface area contributed by atoms with Gasteiger partial charge >= 0.3 is 0 Å². The number of rotatable bonds is 6. The van der Waals surface area contributed by atoms with Crippen molar-refractivity contribution in [2.24, 2.45) is 5.92 Å². The van der Waals surface area contributed by atoms with Crippen LogP contribution in [0.1, 0.15) is 18.4 Å². The van der Waals surface area contributed by atoms with Crippen LogP contribution in [-0.2, 0) is 24.3 Å². The number of methoxy groups -OCH3 is 1. The van der Waals surface area contributed by atoms with Crippen molar-refractivity contribution >= 4 is 27.5 Å². The van der Waals surface area contributed by atoms with Gasteiger partial charge in [0.15, 0.2) is 6.61 Å². The lowest BCUT2D eigenvalue weighted by Crippen LogP contribution is -2.46. The van der Waals surface area contributed by atoms with E-state index in [2.05, 4.69) is 10.6 Å². The summed E-state index contributed by atoms with van der Waals surface area (Å²) < 4.78 is 38.1. The summed E-state index contributed by atoms with van der Waals surface area (Å²) >= 11 is 0. The molecule has 0 bridgehead atoms. The molecule has 154 valence electrons. The fourth-order valence-electron chi connectivity index (χ4n) is 3.43. The Balaban J connectivity index is 1.79. The van der Waals surface area contributed by atoms with Crippen LogP contribution in [0.15, 0.2) is 17.0 Å². The summed E-state index contributed by atoms with van der Waals surface area (Å²) in [5, 5.41) is 5.45. The quantitative estimate of drug-likeness (QED) is 0.659. The predicted octanol–water partition coefficient (Wildman–Crippen LogP) is 0.489. The van der Waals surface area contributed by atoms with E-state index in [4.69, 9.17) is 9.47 Å². The topological polar surface area (TPSA) is 114 Å². The van der Waals surface area contributed by atoms with Crippen molar-refractivity contribution in [3.8, 4) is 5.75 Å². The van der Waals surface area contributed by atoms with Crippen molar-refractivity contribution in [1.82, 2.24) is 9.62 Å². The first-order valence-electron chi connectivity index (χ1n) is 9.17. The van der Waals surface area contributed by atoms with Crippen LogP contribution in [0.3, 0.4) is 0 Å². The number of sulfonamides is 1. The average Bonchev–Trinajstić information content (AvgIpc) is 2.67. The molecule has 2 N–H and O–H groups in total. The number of carbonyl (C=O) groups is 2. The van der Waals surface area contributed by atoms with Gasteiger partial charge in [-0.05, 0) is 31.4 Å². The third-order valence-electron chi connectivity index (χ3n) is 4.89. The molecule has 1 saturated heterocycles. The van der Waals surface area contributed by atoms with Gasteiger partial charge in [0.25, 0.3) is 5.91 Å². The molecule has 1 unspecified atom stereocenters. The van der Waals surface area contributed by atoms with E-state index < -0.39 is 15.9 Å². The lowest BCUT2D eigenvalue weighted by atomic mass is 9.99. The molecule has 0 aliphatic carbocycles. The number of nitrogens with zero attached hydrogens (tertiary/aromatic N) is 1. The number of amides is 2. The molecule has 2 aliphatic heterocycles. The molecular weight excluding hydrogens is 386 g/mol. The SMILES string of the molecule is COCCNC(=O)C1CCCN(S(=O)(=O)c2cc3c(cc2C)NC(=O)CO3)C1. The van der Waals surface area contributed by atoms with Gasteiger partial charge in [0, 0.05) is 32.8 Å². The fraction of sp³-hybridized carbons (Fsp3) is 0.556.